The summed E-state index contributed by atoms with van der Waals surface area (Å²) in [7, 11) is 0. The molecule has 3 aliphatic rings. The van der Waals surface area contributed by atoms with Crippen molar-refractivity contribution in [3.05, 3.63) is 82.9 Å². The van der Waals surface area contributed by atoms with Crippen molar-refractivity contribution in [3.8, 4) is 11.5 Å². The second-order valence-electron chi connectivity index (χ2n) is 7.25. The SMILES string of the molecule is C1=C2CCCC3=Cc4c(ccc5ccccc45)OC23Oc2ccccc21. The van der Waals surface area contributed by atoms with Crippen LogP contribution in [0.2, 0.25) is 0 Å². The van der Waals surface area contributed by atoms with Gasteiger partial charge in [-0.3, -0.25) is 0 Å². The third-order valence-corrected chi connectivity index (χ3v) is 5.74. The van der Waals surface area contributed by atoms with Gasteiger partial charge in [0.1, 0.15) is 11.5 Å². The average molecular weight is 338 g/mol. The summed E-state index contributed by atoms with van der Waals surface area (Å²) in [6.07, 6.45) is 7.71. The highest BCUT2D eigenvalue weighted by atomic mass is 16.7. The lowest BCUT2D eigenvalue weighted by molar-refractivity contribution is -0.0618. The van der Waals surface area contributed by atoms with Gasteiger partial charge >= 0.3 is 0 Å². The van der Waals surface area contributed by atoms with Crippen LogP contribution in [0.3, 0.4) is 0 Å². The second kappa shape index (κ2) is 5.01. The molecule has 1 unspecified atom stereocenters. The van der Waals surface area contributed by atoms with Crippen LogP contribution in [0.15, 0.2) is 71.8 Å². The maximum atomic E-state index is 6.63. The molecule has 2 nitrogen and oxygen atoms in total. The Morgan fingerprint density at radius 3 is 2.42 bits per heavy atom. The molecule has 1 fully saturated rings. The topological polar surface area (TPSA) is 18.5 Å². The fraction of sp³-hybridized carbons (Fsp3) is 0.167. The van der Waals surface area contributed by atoms with Gasteiger partial charge < -0.3 is 9.47 Å². The van der Waals surface area contributed by atoms with Gasteiger partial charge in [0.2, 0.25) is 0 Å². The Morgan fingerprint density at radius 1 is 0.692 bits per heavy atom. The summed E-state index contributed by atoms with van der Waals surface area (Å²) in [6, 6.07) is 20.9. The van der Waals surface area contributed by atoms with Crippen LogP contribution in [0.5, 0.6) is 11.5 Å². The van der Waals surface area contributed by atoms with Crippen LogP contribution >= 0.6 is 0 Å². The first-order valence-electron chi connectivity index (χ1n) is 9.24. The fourth-order valence-corrected chi connectivity index (χ4v) is 4.50. The molecule has 1 saturated carbocycles. The van der Waals surface area contributed by atoms with E-state index in [4.69, 9.17) is 9.47 Å². The van der Waals surface area contributed by atoms with Gasteiger partial charge in [-0.2, -0.15) is 0 Å². The summed E-state index contributed by atoms with van der Waals surface area (Å²) >= 11 is 0. The van der Waals surface area contributed by atoms with Crippen molar-refractivity contribution in [2.45, 2.75) is 25.0 Å². The Hall–Kier alpha value is -3.00. The number of rotatable bonds is 0. The van der Waals surface area contributed by atoms with Crippen molar-refractivity contribution >= 4 is 22.9 Å². The molecular formula is C24H18O2. The molecule has 126 valence electrons. The molecule has 0 amide bonds. The van der Waals surface area contributed by atoms with Crippen molar-refractivity contribution in [1.82, 2.24) is 0 Å². The molecule has 1 aliphatic carbocycles. The molecular weight excluding hydrogens is 320 g/mol. The van der Waals surface area contributed by atoms with E-state index in [0.29, 0.717) is 0 Å². The molecule has 2 aliphatic heterocycles. The lowest BCUT2D eigenvalue weighted by Gasteiger charge is -2.46. The van der Waals surface area contributed by atoms with E-state index in [2.05, 4.69) is 60.7 Å². The predicted octanol–water partition coefficient (Wildman–Crippen LogP) is 5.97. The van der Waals surface area contributed by atoms with Crippen LogP contribution in [0.4, 0.5) is 0 Å². The van der Waals surface area contributed by atoms with Crippen LogP contribution in [-0.2, 0) is 0 Å². The fourth-order valence-electron chi connectivity index (χ4n) is 4.50. The minimum absolute atomic E-state index is 0.762. The Morgan fingerprint density at radius 2 is 1.46 bits per heavy atom. The van der Waals surface area contributed by atoms with Crippen LogP contribution in [-0.4, -0.2) is 5.79 Å². The van der Waals surface area contributed by atoms with Crippen molar-refractivity contribution in [2.24, 2.45) is 0 Å². The van der Waals surface area contributed by atoms with Gasteiger partial charge in [-0.05, 0) is 54.3 Å². The first kappa shape index (κ1) is 14.2. The van der Waals surface area contributed by atoms with Gasteiger partial charge in [0.15, 0.2) is 0 Å². The van der Waals surface area contributed by atoms with Crippen LogP contribution in [0.1, 0.15) is 30.4 Å². The largest absolute Gasteiger partial charge is 0.444 e. The summed E-state index contributed by atoms with van der Waals surface area (Å²) in [5, 5.41) is 2.48. The monoisotopic (exact) mass is 338 g/mol. The molecule has 1 spiro atoms. The number of ether oxygens (including phenoxy) is 2. The molecule has 0 aromatic heterocycles. The third-order valence-electron chi connectivity index (χ3n) is 5.74. The lowest BCUT2D eigenvalue weighted by Crippen LogP contribution is -2.50. The minimum atomic E-state index is -0.762. The van der Waals surface area contributed by atoms with Crippen LogP contribution in [0, 0.1) is 0 Å². The van der Waals surface area contributed by atoms with E-state index >= 15 is 0 Å². The molecule has 3 aromatic rings. The first-order chi connectivity index (χ1) is 12.8. The molecule has 1 atom stereocenters. The average Bonchev–Trinajstić information content (AvgIpc) is 2.69. The lowest BCUT2D eigenvalue weighted by atomic mass is 9.79. The molecule has 3 aromatic carbocycles. The summed E-state index contributed by atoms with van der Waals surface area (Å²) < 4.78 is 13.2. The highest BCUT2D eigenvalue weighted by Gasteiger charge is 2.49. The highest BCUT2D eigenvalue weighted by Crippen LogP contribution is 2.51. The molecule has 0 bridgehead atoms. The Bertz CT molecular complexity index is 1120. The van der Waals surface area contributed by atoms with Gasteiger partial charge in [0.25, 0.3) is 5.79 Å². The minimum Gasteiger partial charge on any atom is -0.444 e. The van der Waals surface area contributed by atoms with E-state index in [1.807, 2.05) is 12.1 Å². The Kier molecular flexibility index (Phi) is 2.74. The number of hydrogen-bond acceptors (Lipinski definition) is 2. The molecule has 6 rings (SSSR count). The zero-order valence-corrected chi connectivity index (χ0v) is 14.4. The second-order valence-corrected chi connectivity index (χ2v) is 7.25. The van der Waals surface area contributed by atoms with Crippen LogP contribution < -0.4 is 9.47 Å². The number of hydrogen-bond donors (Lipinski definition) is 0. The van der Waals surface area contributed by atoms with E-state index in [1.165, 1.54) is 27.5 Å². The molecule has 2 heterocycles. The van der Waals surface area contributed by atoms with Gasteiger partial charge in [0, 0.05) is 22.3 Å². The summed E-state index contributed by atoms with van der Waals surface area (Å²) in [6.45, 7) is 0. The highest BCUT2D eigenvalue weighted by molar-refractivity contribution is 5.94. The quantitative estimate of drug-likeness (QED) is 0.502. The Balaban J connectivity index is 1.59. The summed E-state index contributed by atoms with van der Waals surface area (Å²) in [5.41, 5.74) is 4.77. The van der Waals surface area contributed by atoms with Crippen molar-refractivity contribution in [2.75, 3.05) is 0 Å². The zero-order valence-electron chi connectivity index (χ0n) is 14.4. The molecule has 26 heavy (non-hydrogen) atoms. The smallest absolute Gasteiger partial charge is 0.297 e. The number of fused-ring (bicyclic) bond motifs is 4. The predicted molar refractivity (Wildman–Crippen MR) is 104 cm³/mol. The van der Waals surface area contributed by atoms with E-state index in [9.17, 15) is 0 Å². The third kappa shape index (κ3) is 1.82. The first-order valence-corrected chi connectivity index (χ1v) is 9.24. The summed E-state index contributed by atoms with van der Waals surface area (Å²) in [4.78, 5) is 0. The number of para-hydroxylation sites is 1. The van der Waals surface area contributed by atoms with Crippen molar-refractivity contribution in [1.29, 1.82) is 0 Å². The van der Waals surface area contributed by atoms with Crippen molar-refractivity contribution in [3.63, 3.8) is 0 Å². The standard InChI is InChI=1S/C24H18O2/c1-3-10-20-16(6-1)12-13-23-21(20)15-19-9-5-8-18-14-17-7-2-4-11-22(17)25-24(18,19)26-23/h1-4,6-7,10-15H,5,8-9H2. The summed E-state index contributed by atoms with van der Waals surface area (Å²) in [5.74, 6) is 1.04. The van der Waals surface area contributed by atoms with E-state index in [-0.39, 0.29) is 0 Å². The molecule has 0 saturated heterocycles. The van der Waals surface area contributed by atoms with Gasteiger partial charge in [0.05, 0.1) is 0 Å². The van der Waals surface area contributed by atoms with Gasteiger partial charge in [-0.15, -0.1) is 0 Å². The van der Waals surface area contributed by atoms with Gasteiger partial charge in [-0.1, -0.05) is 48.5 Å². The molecule has 0 N–H and O–H groups in total. The van der Waals surface area contributed by atoms with E-state index < -0.39 is 5.79 Å². The van der Waals surface area contributed by atoms with E-state index in [1.54, 1.807) is 0 Å². The van der Waals surface area contributed by atoms with Gasteiger partial charge in [-0.25, -0.2) is 0 Å². The van der Waals surface area contributed by atoms with Crippen LogP contribution in [0.25, 0.3) is 22.9 Å². The zero-order chi connectivity index (χ0) is 17.1. The maximum Gasteiger partial charge on any atom is 0.297 e. The molecule has 0 radical (unpaired) electrons. The molecule has 2 heteroatoms. The Labute approximate surface area is 152 Å². The maximum absolute atomic E-state index is 6.63. The number of benzene rings is 3. The van der Waals surface area contributed by atoms with E-state index in [0.717, 1.165) is 36.3 Å². The normalized spacial score (nSPS) is 22.6. The van der Waals surface area contributed by atoms with Crippen molar-refractivity contribution < 1.29 is 9.47 Å².